The van der Waals surface area contributed by atoms with Gasteiger partial charge in [-0.15, -0.1) is 0 Å². The molecule has 0 atom stereocenters. The van der Waals surface area contributed by atoms with Gasteiger partial charge in [-0.25, -0.2) is 12.8 Å². The number of sulfonamides is 1. The molecule has 1 aliphatic heterocycles. The molecule has 3 rings (SSSR count). The van der Waals surface area contributed by atoms with Crippen molar-refractivity contribution < 1.29 is 27.1 Å². The van der Waals surface area contributed by atoms with E-state index in [1.165, 1.54) is 16.4 Å². The Bertz CT molecular complexity index is 1000. The van der Waals surface area contributed by atoms with E-state index in [1.54, 1.807) is 14.2 Å². The van der Waals surface area contributed by atoms with E-state index in [0.29, 0.717) is 37.3 Å². The fourth-order valence-electron chi connectivity index (χ4n) is 3.62. The molecule has 1 fully saturated rings. The van der Waals surface area contributed by atoms with Gasteiger partial charge in [0.15, 0.2) is 11.5 Å². The molecule has 1 saturated heterocycles. The lowest BCUT2D eigenvalue weighted by Crippen LogP contribution is -2.43. The largest absolute Gasteiger partial charge is 0.493 e. The van der Waals surface area contributed by atoms with Crippen LogP contribution in [0.4, 0.5) is 4.39 Å². The molecule has 0 aromatic heterocycles. The molecule has 168 valence electrons. The van der Waals surface area contributed by atoms with E-state index in [4.69, 9.17) is 9.47 Å². The molecule has 0 unspecified atom stereocenters. The van der Waals surface area contributed by atoms with Gasteiger partial charge in [0.2, 0.25) is 15.9 Å². The van der Waals surface area contributed by atoms with E-state index in [-0.39, 0.29) is 29.8 Å². The van der Waals surface area contributed by atoms with Crippen LogP contribution in [0.15, 0.2) is 47.4 Å². The Balaban J connectivity index is 1.48. The van der Waals surface area contributed by atoms with Gasteiger partial charge >= 0.3 is 0 Å². The molecule has 1 amide bonds. The number of hydrogen-bond acceptors (Lipinski definition) is 5. The number of amides is 1. The number of nitrogens with one attached hydrogen (secondary N) is 1. The number of nitrogens with zero attached hydrogens (tertiary/aromatic N) is 1. The summed E-state index contributed by atoms with van der Waals surface area (Å²) in [5, 5.41) is 2.94. The van der Waals surface area contributed by atoms with Crippen LogP contribution in [0.1, 0.15) is 18.4 Å². The lowest BCUT2D eigenvalue weighted by molar-refractivity contribution is -0.126. The number of benzene rings is 2. The third-order valence-electron chi connectivity index (χ3n) is 5.44. The van der Waals surface area contributed by atoms with E-state index in [9.17, 15) is 17.6 Å². The van der Waals surface area contributed by atoms with E-state index in [1.807, 2.05) is 18.2 Å². The van der Waals surface area contributed by atoms with E-state index >= 15 is 0 Å². The lowest BCUT2D eigenvalue weighted by Gasteiger charge is -2.30. The van der Waals surface area contributed by atoms with Gasteiger partial charge in [0.05, 0.1) is 19.1 Å². The average Bonchev–Trinajstić information content (AvgIpc) is 2.79. The lowest BCUT2D eigenvalue weighted by atomic mass is 9.97. The number of carbonyl (C=O) groups excluding carboxylic acids is 1. The van der Waals surface area contributed by atoms with Crippen molar-refractivity contribution in [3.63, 3.8) is 0 Å². The predicted octanol–water partition coefficient (Wildman–Crippen LogP) is 2.60. The summed E-state index contributed by atoms with van der Waals surface area (Å²) in [5.74, 6) is 0.505. The zero-order chi connectivity index (χ0) is 22.4. The van der Waals surface area contributed by atoms with Crippen molar-refractivity contribution in [2.45, 2.75) is 24.2 Å². The molecule has 2 aromatic rings. The van der Waals surface area contributed by atoms with Crippen molar-refractivity contribution in [2.75, 3.05) is 33.9 Å². The second-order valence-electron chi connectivity index (χ2n) is 7.36. The molecule has 1 aliphatic rings. The van der Waals surface area contributed by atoms with Gasteiger partial charge in [-0.3, -0.25) is 4.79 Å². The minimum absolute atomic E-state index is 0.0618. The Morgan fingerprint density at radius 3 is 2.32 bits per heavy atom. The topological polar surface area (TPSA) is 84.9 Å². The first-order valence-electron chi connectivity index (χ1n) is 10.1. The summed E-state index contributed by atoms with van der Waals surface area (Å²) in [7, 11) is -0.528. The quantitative estimate of drug-likeness (QED) is 0.668. The number of hydrogen-bond donors (Lipinski definition) is 1. The number of methoxy groups -OCH3 is 2. The summed E-state index contributed by atoms with van der Waals surface area (Å²) >= 11 is 0. The number of piperidine rings is 1. The summed E-state index contributed by atoms with van der Waals surface area (Å²) in [4.78, 5) is 12.6. The van der Waals surface area contributed by atoms with Crippen molar-refractivity contribution in [3.8, 4) is 11.5 Å². The molecule has 0 aliphatic carbocycles. The van der Waals surface area contributed by atoms with Crippen LogP contribution in [0, 0.1) is 11.7 Å². The van der Waals surface area contributed by atoms with Gasteiger partial charge in [-0.1, -0.05) is 6.07 Å². The Morgan fingerprint density at radius 2 is 1.71 bits per heavy atom. The molecular weight excluding hydrogens is 423 g/mol. The standard InChI is InChI=1S/C22H27FN2O5S/c1-29-20-8-3-16(15-21(20)30-2)9-12-24-22(26)17-10-13-25(14-11-17)31(27,28)19-6-4-18(23)5-7-19/h3-8,15,17H,9-14H2,1-2H3,(H,24,26). The summed E-state index contributed by atoms with van der Waals surface area (Å²) in [5.41, 5.74) is 1.01. The van der Waals surface area contributed by atoms with Crippen LogP contribution in [0.5, 0.6) is 11.5 Å². The molecule has 0 spiro atoms. The van der Waals surface area contributed by atoms with E-state index < -0.39 is 15.8 Å². The number of halogens is 1. The maximum Gasteiger partial charge on any atom is 0.243 e. The van der Waals surface area contributed by atoms with Crippen molar-refractivity contribution in [1.82, 2.24) is 9.62 Å². The molecule has 9 heteroatoms. The molecule has 0 saturated carbocycles. The minimum Gasteiger partial charge on any atom is -0.493 e. The molecule has 2 aromatic carbocycles. The summed E-state index contributed by atoms with van der Waals surface area (Å²) < 4.78 is 50.3. The first-order chi connectivity index (χ1) is 14.8. The van der Waals surface area contributed by atoms with Gasteiger partial charge in [0.1, 0.15) is 5.82 Å². The smallest absolute Gasteiger partial charge is 0.243 e. The Morgan fingerprint density at radius 1 is 1.06 bits per heavy atom. The Labute approximate surface area is 182 Å². The van der Waals surface area contributed by atoms with Crippen LogP contribution in [-0.2, 0) is 21.2 Å². The maximum absolute atomic E-state index is 13.1. The summed E-state index contributed by atoms with van der Waals surface area (Å²) in [6, 6.07) is 10.4. The molecular formula is C22H27FN2O5S. The third kappa shape index (κ3) is 5.54. The van der Waals surface area contributed by atoms with Gasteiger partial charge in [0.25, 0.3) is 0 Å². The zero-order valence-corrected chi connectivity index (χ0v) is 18.5. The average molecular weight is 451 g/mol. The van der Waals surface area contributed by atoms with E-state index in [2.05, 4.69) is 5.32 Å². The molecule has 1 N–H and O–H groups in total. The fraction of sp³-hybridized carbons (Fsp3) is 0.409. The van der Waals surface area contributed by atoms with Crippen LogP contribution in [0.3, 0.4) is 0 Å². The molecule has 1 heterocycles. The fourth-order valence-corrected chi connectivity index (χ4v) is 5.09. The molecule has 0 bridgehead atoms. The number of ether oxygens (including phenoxy) is 2. The van der Waals surface area contributed by atoms with Crippen molar-refractivity contribution in [1.29, 1.82) is 0 Å². The first kappa shape index (κ1) is 23.0. The van der Waals surface area contributed by atoms with Crippen LogP contribution >= 0.6 is 0 Å². The van der Waals surface area contributed by atoms with E-state index in [0.717, 1.165) is 17.7 Å². The van der Waals surface area contributed by atoms with Gasteiger partial charge in [-0.05, 0) is 61.2 Å². The zero-order valence-electron chi connectivity index (χ0n) is 17.6. The summed E-state index contributed by atoms with van der Waals surface area (Å²) in [6.07, 6.45) is 1.54. The highest BCUT2D eigenvalue weighted by atomic mass is 32.2. The molecule has 7 nitrogen and oxygen atoms in total. The summed E-state index contributed by atoms with van der Waals surface area (Å²) in [6.45, 7) is 0.989. The maximum atomic E-state index is 13.1. The number of rotatable bonds is 8. The second-order valence-corrected chi connectivity index (χ2v) is 9.30. The second kappa shape index (κ2) is 10.1. The van der Waals surface area contributed by atoms with Crippen LogP contribution in [0.2, 0.25) is 0 Å². The molecule has 31 heavy (non-hydrogen) atoms. The highest BCUT2D eigenvalue weighted by Gasteiger charge is 2.32. The predicted molar refractivity (Wildman–Crippen MR) is 114 cm³/mol. The minimum atomic E-state index is -3.68. The van der Waals surface area contributed by atoms with Gasteiger partial charge in [0, 0.05) is 25.6 Å². The third-order valence-corrected chi connectivity index (χ3v) is 7.35. The van der Waals surface area contributed by atoms with Crippen molar-refractivity contribution in [3.05, 3.63) is 53.8 Å². The monoisotopic (exact) mass is 450 g/mol. The molecule has 0 radical (unpaired) electrons. The first-order valence-corrected chi connectivity index (χ1v) is 11.5. The van der Waals surface area contributed by atoms with Gasteiger partial charge < -0.3 is 14.8 Å². The SMILES string of the molecule is COc1ccc(CCNC(=O)C2CCN(S(=O)(=O)c3ccc(F)cc3)CC2)cc1OC. The van der Waals surface area contributed by atoms with Crippen LogP contribution < -0.4 is 14.8 Å². The Kier molecular flexibility index (Phi) is 7.50. The van der Waals surface area contributed by atoms with Crippen LogP contribution in [0.25, 0.3) is 0 Å². The normalized spacial score (nSPS) is 15.5. The highest BCUT2D eigenvalue weighted by molar-refractivity contribution is 7.89. The van der Waals surface area contributed by atoms with Crippen LogP contribution in [-0.4, -0.2) is 52.5 Å². The Hall–Kier alpha value is -2.65. The van der Waals surface area contributed by atoms with Crippen molar-refractivity contribution in [2.24, 2.45) is 5.92 Å². The highest BCUT2D eigenvalue weighted by Crippen LogP contribution is 2.28. The van der Waals surface area contributed by atoms with Crippen molar-refractivity contribution >= 4 is 15.9 Å². The van der Waals surface area contributed by atoms with Gasteiger partial charge in [-0.2, -0.15) is 4.31 Å². The number of carbonyl (C=O) groups is 1.